The van der Waals surface area contributed by atoms with Crippen molar-refractivity contribution in [3.63, 3.8) is 0 Å². The van der Waals surface area contributed by atoms with Gasteiger partial charge in [-0.15, -0.1) is 0 Å². The van der Waals surface area contributed by atoms with E-state index >= 15 is 0 Å². The van der Waals surface area contributed by atoms with Crippen LogP contribution in [0.5, 0.6) is 0 Å². The molecule has 0 aliphatic heterocycles. The Kier molecular flexibility index (Phi) is 4.15. The molecule has 3 rings (SSSR count). The first kappa shape index (κ1) is 14.3. The van der Waals surface area contributed by atoms with E-state index in [4.69, 9.17) is 4.52 Å². The number of pyridine rings is 1. The second-order valence-electron chi connectivity index (χ2n) is 4.97. The highest BCUT2D eigenvalue weighted by molar-refractivity contribution is 5.51. The molecule has 22 heavy (non-hydrogen) atoms. The minimum atomic E-state index is 0.0995. The summed E-state index contributed by atoms with van der Waals surface area (Å²) in [5.41, 5.74) is 1.74. The van der Waals surface area contributed by atoms with Crippen LogP contribution in [0, 0.1) is 0 Å². The Morgan fingerprint density at radius 2 is 2.05 bits per heavy atom. The van der Waals surface area contributed by atoms with Gasteiger partial charge >= 0.3 is 0 Å². The molecule has 0 amide bonds. The zero-order valence-electron chi connectivity index (χ0n) is 12.4. The minimum Gasteiger partial charge on any atom is -0.338 e. The third kappa shape index (κ3) is 3.15. The normalized spacial score (nSPS) is 12.5. The van der Waals surface area contributed by atoms with Crippen LogP contribution in [-0.4, -0.2) is 37.0 Å². The monoisotopic (exact) mass is 296 g/mol. The lowest BCUT2D eigenvalue weighted by atomic mass is 10.2. The number of rotatable bonds is 5. The minimum absolute atomic E-state index is 0.0995. The van der Waals surface area contributed by atoms with E-state index in [-0.39, 0.29) is 6.04 Å². The lowest BCUT2D eigenvalue weighted by molar-refractivity contribution is 0.213. The first-order valence-corrected chi connectivity index (χ1v) is 6.93. The van der Waals surface area contributed by atoms with Gasteiger partial charge in [0.2, 0.25) is 11.7 Å². The van der Waals surface area contributed by atoms with E-state index in [1.807, 2.05) is 19.2 Å². The largest absolute Gasteiger partial charge is 0.338 e. The fraction of sp³-hybridized carbons (Fsp3) is 0.267. The van der Waals surface area contributed by atoms with Gasteiger partial charge in [0.15, 0.2) is 0 Å². The van der Waals surface area contributed by atoms with Gasteiger partial charge in [-0.3, -0.25) is 19.9 Å². The lowest BCUT2D eigenvalue weighted by Gasteiger charge is -2.21. The molecule has 3 aromatic rings. The van der Waals surface area contributed by atoms with Gasteiger partial charge < -0.3 is 4.52 Å². The lowest BCUT2D eigenvalue weighted by Crippen LogP contribution is -2.23. The summed E-state index contributed by atoms with van der Waals surface area (Å²) in [7, 11) is 1.98. The number of nitrogens with zero attached hydrogens (tertiary/aromatic N) is 6. The van der Waals surface area contributed by atoms with Gasteiger partial charge in [-0.05, 0) is 26.1 Å². The molecule has 3 heterocycles. The van der Waals surface area contributed by atoms with Crippen LogP contribution in [-0.2, 0) is 6.54 Å². The Morgan fingerprint density at radius 3 is 2.77 bits per heavy atom. The maximum Gasteiger partial charge on any atom is 0.241 e. The molecule has 0 aromatic carbocycles. The van der Waals surface area contributed by atoms with Crippen LogP contribution in [0.4, 0.5) is 0 Å². The quantitative estimate of drug-likeness (QED) is 0.713. The van der Waals surface area contributed by atoms with Crippen molar-refractivity contribution in [3.8, 4) is 11.4 Å². The molecule has 7 heteroatoms. The number of aromatic nitrogens is 5. The van der Waals surface area contributed by atoms with Crippen molar-refractivity contribution >= 4 is 0 Å². The van der Waals surface area contributed by atoms with Crippen molar-refractivity contribution in [2.45, 2.75) is 19.5 Å². The first-order valence-electron chi connectivity index (χ1n) is 6.93. The summed E-state index contributed by atoms with van der Waals surface area (Å²) >= 11 is 0. The average Bonchev–Trinajstić information content (AvgIpc) is 3.04. The second-order valence-corrected chi connectivity index (χ2v) is 4.97. The molecule has 7 nitrogen and oxygen atoms in total. The molecule has 0 saturated carbocycles. The fourth-order valence-electron chi connectivity index (χ4n) is 2.03. The zero-order chi connectivity index (χ0) is 15.4. The molecule has 0 spiro atoms. The molecular weight excluding hydrogens is 280 g/mol. The van der Waals surface area contributed by atoms with E-state index in [0.29, 0.717) is 18.3 Å². The van der Waals surface area contributed by atoms with Crippen LogP contribution in [0.25, 0.3) is 11.4 Å². The van der Waals surface area contributed by atoms with E-state index in [1.54, 1.807) is 31.0 Å². The Bertz CT molecular complexity index is 715. The number of hydrogen-bond donors (Lipinski definition) is 0. The molecule has 0 aliphatic rings. The molecule has 0 fully saturated rings. The highest BCUT2D eigenvalue weighted by Gasteiger charge is 2.17. The van der Waals surface area contributed by atoms with Crippen molar-refractivity contribution in [1.82, 2.24) is 30.0 Å². The van der Waals surface area contributed by atoms with Gasteiger partial charge in [-0.1, -0.05) is 5.16 Å². The number of hydrogen-bond acceptors (Lipinski definition) is 7. The van der Waals surface area contributed by atoms with Gasteiger partial charge in [-0.25, -0.2) is 0 Å². The molecule has 0 radical (unpaired) electrons. The van der Waals surface area contributed by atoms with E-state index in [1.165, 1.54) is 0 Å². The smallest absolute Gasteiger partial charge is 0.241 e. The zero-order valence-corrected chi connectivity index (χ0v) is 12.4. The molecule has 1 unspecified atom stereocenters. The average molecular weight is 296 g/mol. The topological polar surface area (TPSA) is 80.8 Å². The Morgan fingerprint density at radius 1 is 1.18 bits per heavy atom. The molecule has 1 atom stereocenters. The third-order valence-electron chi connectivity index (χ3n) is 3.44. The Labute approximate surface area is 128 Å². The molecule has 0 N–H and O–H groups in total. The van der Waals surface area contributed by atoms with Crippen LogP contribution >= 0.6 is 0 Å². The van der Waals surface area contributed by atoms with E-state index in [2.05, 4.69) is 36.9 Å². The molecule has 0 bridgehead atoms. The van der Waals surface area contributed by atoms with Crippen molar-refractivity contribution < 1.29 is 4.52 Å². The standard InChI is InChI=1S/C15H16N6O/c1-11(13-9-17-6-7-18-13)21(2)10-14-19-15(20-22-14)12-4-3-5-16-8-12/h3-9,11H,10H2,1-2H3. The SMILES string of the molecule is CC(c1cnccn1)N(C)Cc1nc(-c2cccnc2)no1. The van der Waals surface area contributed by atoms with E-state index in [9.17, 15) is 0 Å². The van der Waals surface area contributed by atoms with Crippen molar-refractivity contribution in [3.05, 3.63) is 54.7 Å². The van der Waals surface area contributed by atoms with Gasteiger partial charge in [0.25, 0.3) is 0 Å². The maximum absolute atomic E-state index is 5.31. The predicted molar refractivity (Wildman–Crippen MR) is 79.4 cm³/mol. The summed E-state index contributed by atoms with van der Waals surface area (Å²) in [4.78, 5) is 18.9. The van der Waals surface area contributed by atoms with Gasteiger partial charge in [0.05, 0.1) is 18.3 Å². The predicted octanol–water partition coefficient (Wildman–Crippen LogP) is 2.11. The summed E-state index contributed by atoms with van der Waals surface area (Å²) in [6, 6.07) is 3.84. The summed E-state index contributed by atoms with van der Waals surface area (Å²) in [5.74, 6) is 1.10. The highest BCUT2D eigenvalue weighted by atomic mass is 16.5. The highest BCUT2D eigenvalue weighted by Crippen LogP contribution is 2.19. The fourth-order valence-corrected chi connectivity index (χ4v) is 2.03. The second kappa shape index (κ2) is 6.40. The maximum atomic E-state index is 5.31. The van der Waals surface area contributed by atoms with Crippen molar-refractivity contribution in [2.75, 3.05) is 7.05 Å². The Balaban J connectivity index is 1.70. The van der Waals surface area contributed by atoms with Gasteiger partial charge in [-0.2, -0.15) is 4.98 Å². The van der Waals surface area contributed by atoms with Crippen molar-refractivity contribution in [2.24, 2.45) is 0 Å². The molecule has 0 aliphatic carbocycles. The summed E-state index contributed by atoms with van der Waals surface area (Å²) < 4.78 is 5.31. The summed E-state index contributed by atoms with van der Waals surface area (Å²) in [6.45, 7) is 2.59. The third-order valence-corrected chi connectivity index (χ3v) is 3.44. The van der Waals surface area contributed by atoms with Gasteiger partial charge in [0.1, 0.15) is 0 Å². The summed E-state index contributed by atoms with van der Waals surface area (Å²) in [6.07, 6.45) is 8.53. The van der Waals surface area contributed by atoms with Crippen molar-refractivity contribution in [1.29, 1.82) is 0 Å². The molecule has 3 aromatic heterocycles. The first-order chi connectivity index (χ1) is 10.7. The van der Waals surface area contributed by atoms with Crippen LogP contribution < -0.4 is 0 Å². The van der Waals surface area contributed by atoms with E-state index in [0.717, 1.165) is 11.3 Å². The molecular formula is C15H16N6O. The van der Waals surface area contributed by atoms with Crippen LogP contribution in [0.2, 0.25) is 0 Å². The van der Waals surface area contributed by atoms with Gasteiger partial charge in [0, 0.05) is 36.5 Å². The van der Waals surface area contributed by atoms with Crippen LogP contribution in [0.15, 0.2) is 47.6 Å². The van der Waals surface area contributed by atoms with E-state index < -0.39 is 0 Å². The summed E-state index contributed by atoms with van der Waals surface area (Å²) in [5, 5.41) is 3.99. The van der Waals surface area contributed by atoms with Crippen LogP contribution in [0.1, 0.15) is 24.6 Å². The van der Waals surface area contributed by atoms with Crippen LogP contribution in [0.3, 0.4) is 0 Å². The Hall–Kier alpha value is -2.67. The molecule has 0 saturated heterocycles. The molecule has 112 valence electrons.